The second kappa shape index (κ2) is 7.28. The van der Waals surface area contributed by atoms with Crippen LogP contribution in [0.4, 0.5) is 9.59 Å². The van der Waals surface area contributed by atoms with Gasteiger partial charge in [0, 0.05) is 12.4 Å². The van der Waals surface area contributed by atoms with Gasteiger partial charge in [0.25, 0.3) is 0 Å². The summed E-state index contributed by atoms with van der Waals surface area (Å²) in [7, 11) is 0. The molecule has 4 amide bonds. The highest BCUT2D eigenvalue weighted by Crippen LogP contribution is 1.65. The summed E-state index contributed by atoms with van der Waals surface area (Å²) in [5.74, 6) is 0. The Bertz CT molecular complexity index is 254. The summed E-state index contributed by atoms with van der Waals surface area (Å²) in [5, 5.41) is 6.79. The van der Waals surface area contributed by atoms with Crippen molar-refractivity contribution in [2.75, 3.05) is 0 Å². The minimum atomic E-state index is -0.751. The van der Waals surface area contributed by atoms with E-state index in [1.54, 1.807) is 0 Å². The minimum absolute atomic E-state index is 0.751. The van der Waals surface area contributed by atoms with Crippen LogP contribution in [0.5, 0.6) is 0 Å². The Balaban J connectivity index is 3.63. The van der Waals surface area contributed by atoms with Crippen molar-refractivity contribution in [1.29, 1.82) is 0 Å². The number of rotatable bonds is 4. The molecule has 0 fully saturated rings. The number of nitrogens with zero attached hydrogens (tertiary/aromatic N) is 2. The molecule has 0 radical (unpaired) electrons. The summed E-state index contributed by atoms with van der Waals surface area (Å²) in [6.07, 6.45) is 5.48. The highest BCUT2D eigenvalue weighted by Gasteiger charge is 1.81. The van der Waals surface area contributed by atoms with Crippen LogP contribution in [0.2, 0.25) is 0 Å². The lowest BCUT2D eigenvalue weighted by Gasteiger charge is -1.87. The number of carbonyl (C=O) groups excluding carboxylic acids is 2. The Labute approximate surface area is 79.7 Å². The van der Waals surface area contributed by atoms with Gasteiger partial charge in [-0.15, -0.1) is 0 Å². The van der Waals surface area contributed by atoms with Gasteiger partial charge in [-0.1, -0.05) is 0 Å². The summed E-state index contributed by atoms with van der Waals surface area (Å²) in [5.41, 5.74) is 13.4. The number of primary amides is 2. The van der Waals surface area contributed by atoms with E-state index >= 15 is 0 Å². The Morgan fingerprint density at radius 2 is 1.29 bits per heavy atom. The Kier molecular flexibility index (Phi) is 6.04. The molecule has 0 atom stereocenters. The first kappa shape index (κ1) is 11.6. The number of hydrogen-bond acceptors (Lipinski definition) is 4. The van der Waals surface area contributed by atoms with E-state index in [2.05, 4.69) is 10.2 Å². The molecule has 0 aliphatic carbocycles. The molecular weight excluding hydrogens is 188 g/mol. The summed E-state index contributed by atoms with van der Waals surface area (Å²) in [6.45, 7) is 0. The zero-order chi connectivity index (χ0) is 10.8. The lowest BCUT2D eigenvalue weighted by molar-refractivity contribution is 0.248. The average molecular weight is 198 g/mol. The Morgan fingerprint density at radius 1 is 0.929 bits per heavy atom. The predicted octanol–water partition coefficient (Wildman–Crippen LogP) is -1.15. The summed E-state index contributed by atoms with van der Waals surface area (Å²) in [4.78, 5) is 20.2. The van der Waals surface area contributed by atoms with E-state index in [9.17, 15) is 9.59 Å². The van der Waals surface area contributed by atoms with Gasteiger partial charge in [-0.25, -0.2) is 20.4 Å². The van der Waals surface area contributed by atoms with Crippen molar-refractivity contribution in [2.24, 2.45) is 21.7 Å². The fourth-order valence-corrected chi connectivity index (χ4v) is 0.387. The maximum absolute atomic E-state index is 10.1. The Morgan fingerprint density at radius 3 is 1.57 bits per heavy atom. The van der Waals surface area contributed by atoms with E-state index in [4.69, 9.17) is 11.5 Å². The number of urea groups is 2. The average Bonchev–Trinajstić information content (AvgIpc) is 2.08. The van der Waals surface area contributed by atoms with Crippen LogP contribution in [-0.4, -0.2) is 24.5 Å². The van der Waals surface area contributed by atoms with Crippen LogP contribution in [-0.2, 0) is 0 Å². The molecule has 8 heteroatoms. The topological polar surface area (TPSA) is 135 Å². The van der Waals surface area contributed by atoms with Crippen molar-refractivity contribution in [3.63, 3.8) is 0 Å². The van der Waals surface area contributed by atoms with Crippen molar-refractivity contribution in [2.45, 2.75) is 0 Å². The molecule has 0 heterocycles. The highest BCUT2D eigenvalue weighted by atomic mass is 16.2. The zero-order valence-corrected chi connectivity index (χ0v) is 7.18. The molecule has 6 N–H and O–H groups in total. The van der Waals surface area contributed by atoms with E-state index in [0.717, 1.165) is 0 Å². The van der Waals surface area contributed by atoms with Crippen LogP contribution < -0.4 is 22.3 Å². The van der Waals surface area contributed by atoms with Crippen LogP contribution in [0.25, 0.3) is 0 Å². The maximum atomic E-state index is 10.1. The standard InChI is InChI=1S/C6H10N6O2/c7-5(13)11-9-3-1-2-4-10-12-6(8)14/h1-4H,(H3,7,11,13)(H3,8,12,14). The quantitative estimate of drug-likeness (QED) is 0.335. The van der Waals surface area contributed by atoms with E-state index in [1.165, 1.54) is 24.6 Å². The molecule has 0 aliphatic rings. The molecule has 0 saturated heterocycles. The molecule has 0 spiro atoms. The predicted molar refractivity (Wildman–Crippen MR) is 51.6 cm³/mol. The number of carbonyl (C=O) groups is 2. The van der Waals surface area contributed by atoms with Gasteiger partial charge >= 0.3 is 12.1 Å². The molecule has 0 bridgehead atoms. The fourth-order valence-electron chi connectivity index (χ4n) is 0.387. The molecule has 0 saturated carbocycles. The van der Waals surface area contributed by atoms with Crippen LogP contribution in [0.3, 0.4) is 0 Å². The normalized spacial score (nSPS) is 11.1. The summed E-state index contributed by atoms with van der Waals surface area (Å²) in [6, 6.07) is -1.50. The van der Waals surface area contributed by atoms with Gasteiger partial charge < -0.3 is 11.5 Å². The third-order valence-corrected chi connectivity index (χ3v) is 0.782. The smallest absolute Gasteiger partial charge is 0.332 e. The summed E-state index contributed by atoms with van der Waals surface area (Å²) >= 11 is 0. The number of allylic oxidation sites excluding steroid dienone is 2. The fraction of sp³-hybridized carbons (Fsp3) is 0. The number of hydrazone groups is 2. The van der Waals surface area contributed by atoms with E-state index < -0.39 is 12.1 Å². The second-order valence-electron chi connectivity index (χ2n) is 1.89. The van der Waals surface area contributed by atoms with E-state index in [-0.39, 0.29) is 0 Å². The molecule has 14 heavy (non-hydrogen) atoms. The molecular formula is C6H10N6O2. The van der Waals surface area contributed by atoms with Crippen LogP contribution in [0, 0.1) is 0 Å². The lowest BCUT2D eigenvalue weighted by Crippen LogP contribution is -2.24. The molecule has 0 aliphatic heterocycles. The van der Waals surface area contributed by atoms with Gasteiger partial charge in [0.05, 0.1) is 0 Å². The first-order valence-corrected chi connectivity index (χ1v) is 3.45. The number of hydrogen-bond donors (Lipinski definition) is 4. The zero-order valence-electron chi connectivity index (χ0n) is 7.18. The molecule has 8 nitrogen and oxygen atoms in total. The van der Waals surface area contributed by atoms with Crippen LogP contribution in [0.15, 0.2) is 22.4 Å². The monoisotopic (exact) mass is 198 g/mol. The second-order valence-corrected chi connectivity index (χ2v) is 1.89. The van der Waals surface area contributed by atoms with Crippen LogP contribution in [0.1, 0.15) is 0 Å². The Hall–Kier alpha value is -2.38. The van der Waals surface area contributed by atoms with Crippen molar-refractivity contribution < 1.29 is 9.59 Å². The van der Waals surface area contributed by atoms with E-state index in [0.29, 0.717) is 0 Å². The number of amides is 4. The number of nitrogens with two attached hydrogens (primary N) is 2. The molecule has 0 aromatic carbocycles. The van der Waals surface area contributed by atoms with Crippen LogP contribution >= 0.6 is 0 Å². The van der Waals surface area contributed by atoms with Crippen molar-refractivity contribution in [3.05, 3.63) is 12.2 Å². The number of nitrogens with one attached hydrogen (secondary N) is 2. The molecule has 0 aromatic rings. The maximum Gasteiger partial charge on any atom is 0.332 e. The largest absolute Gasteiger partial charge is 0.350 e. The minimum Gasteiger partial charge on any atom is -0.350 e. The highest BCUT2D eigenvalue weighted by molar-refractivity contribution is 5.83. The van der Waals surface area contributed by atoms with Gasteiger partial charge in [0.15, 0.2) is 0 Å². The third kappa shape index (κ3) is 9.62. The van der Waals surface area contributed by atoms with Gasteiger partial charge in [-0.2, -0.15) is 10.2 Å². The SMILES string of the molecule is NC(=O)NN=CC=CC=NNC(N)=O. The van der Waals surface area contributed by atoms with Crippen molar-refractivity contribution in [3.8, 4) is 0 Å². The lowest BCUT2D eigenvalue weighted by atomic mass is 10.5. The third-order valence-electron chi connectivity index (χ3n) is 0.782. The molecule has 0 unspecified atom stereocenters. The molecule has 0 aromatic heterocycles. The summed E-state index contributed by atoms with van der Waals surface area (Å²) < 4.78 is 0. The molecule has 76 valence electrons. The van der Waals surface area contributed by atoms with Gasteiger partial charge in [-0.3, -0.25) is 0 Å². The van der Waals surface area contributed by atoms with Gasteiger partial charge in [-0.05, 0) is 12.2 Å². The molecule has 0 rings (SSSR count). The first-order valence-electron chi connectivity index (χ1n) is 3.45. The van der Waals surface area contributed by atoms with Crippen molar-refractivity contribution >= 4 is 24.5 Å². The van der Waals surface area contributed by atoms with Gasteiger partial charge in [0.2, 0.25) is 0 Å². The first-order chi connectivity index (χ1) is 6.63. The van der Waals surface area contributed by atoms with Gasteiger partial charge in [0.1, 0.15) is 0 Å². The van der Waals surface area contributed by atoms with E-state index in [1.807, 2.05) is 10.9 Å². The van der Waals surface area contributed by atoms with Crippen molar-refractivity contribution in [1.82, 2.24) is 10.9 Å².